The van der Waals surface area contributed by atoms with Crippen molar-refractivity contribution >= 4 is 20.9 Å². The van der Waals surface area contributed by atoms with Gasteiger partial charge in [-0.2, -0.15) is 0 Å². The summed E-state index contributed by atoms with van der Waals surface area (Å²) in [7, 11) is -3.38. The second-order valence-corrected chi connectivity index (χ2v) is 8.79. The molecule has 0 fully saturated rings. The minimum Gasteiger partial charge on any atom is -0.322 e. The molecule has 0 atom stereocenters. The Labute approximate surface area is 159 Å². The van der Waals surface area contributed by atoms with Gasteiger partial charge < -0.3 is 4.98 Å². The van der Waals surface area contributed by atoms with E-state index in [-0.39, 0.29) is 17.9 Å². The van der Waals surface area contributed by atoms with E-state index in [2.05, 4.69) is 15.8 Å². The molecule has 2 aromatic carbocycles. The van der Waals surface area contributed by atoms with Crippen molar-refractivity contribution < 1.29 is 8.42 Å². The summed E-state index contributed by atoms with van der Waals surface area (Å²) in [6.07, 6.45) is 0.814. The highest BCUT2D eigenvalue weighted by Crippen LogP contribution is 2.18. The molecule has 0 bridgehead atoms. The molecule has 0 radical (unpaired) electrons. The Morgan fingerprint density at radius 2 is 1.74 bits per heavy atom. The normalized spacial score (nSPS) is 11.8. The number of hydrogen-bond donors (Lipinski definition) is 2. The van der Waals surface area contributed by atoms with Crippen LogP contribution in [0.5, 0.6) is 0 Å². The Bertz CT molecular complexity index is 1100. The summed E-state index contributed by atoms with van der Waals surface area (Å²) in [5, 5.41) is 0.988. The maximum atomic E-state index is 12.3. The zero-order valence-electron chi connectivity index (χ0n) is 15.6. The molecule has 0 aliphatic rings. The lowest BCUT2D eigenvalue weighted by Crippen LogP contribution is -2.30. The van der Waals surface area contributed by atoms with Gasteiger partial charge in [0.2, 0.25) is 10.0 Å². The summed E-state index contributed by atoms with van der Waals surface area (Å²) in [6, 6.07) is 15.4. The van der Waals surface area contributed by atoms with Gasteiger partial charge in [0.05, 0.1) is 5.75 Å². The number of nitrogens with one attached hydrogen (secondary N) is 2. The minimum atomic E-state index is -3.38. The number of rotatable bonds is 7. The van der Waals surface area contributed by atoms with Crippen molar-refractivity contribution in [2.75, 3.05) is 12.3 Å². The Hall–Kier alpha value is -2.44. The van der Waals surface area contributed by atoms with Crippen LogP contribution >= 0.6 is 0 Å². The Morgan fingerprint density at radius 3 is 2.48 bits per heavy atom. The predicted molar refractivity (Wildman–Crippen MR) is 110 cm³/mol. The van der Waals surface area contributed by atoms with E-state index in [0.29, 0.717) is 18.4 Å². The smallest absolute Gasteiger partial charge is 0.251 e. The van der Waals surface area contributed by atoms with Gasteiger partial charge in [-0.1, -0.05) is 36.4 Å². The molecular weight excluding hydrogens is 360 g/mol. The number of aromatic nitrogens is 1. The third-order valence-electron chi connectivity index (χ3n) is 4.61. The molecule has 142 valence electrons. The highest BCUT2D eigenvalue weighted by Gasteiger charge is 2.11. The van der Waals surface area contributed by atoms with Crippen LogP contribution in [0.15, 0.2) is 53.3 Å². The van der Waals surface area contributed by atoms with Crippen molar-refractivity contribution in [1.82, 2.24) is 9.71 Å². The second kappa shape index (κ2) is 8.06. The fraction of sp³-hybridized carbons (Fsp3) is 0.286. The van der Waals surface area contributed by atoms with Crippen LogP contribution in [-0.4, -0.2) is 25.7 Å². The SMILES string of the molecule is Cc1cc(C)c2cc(CCNS(=O)(=O)CCc3ccccc3)c(=O)[nH]c2c1. The van der Waals surface area contributed by atoms with Crippen molar-refractivity contribution in [3.8, 4) is 0 Å². The van der Waals surface area contributed by atoms with E-state index in [4.69, 9.17) is 0 Å². The molecule has 3 aromatic rings. The van der Waals surface area contributed by atoms with Gasteiger partial charge in [0.1, 0.15) is 0 Å². The van der Waals surface area contributed by atoms with Gasteiger partial charge in [0, 0.05) is 23.0 Å². The number of hydrogen-bond acceptors (Lipinski definition) is 3. The van der Waals surface area contributed by atoms with Crippen molar-refractivity contribution in [2.24, 2.45) is 0 Å². The Balaban J connectivity index is 1.64. The van der Waals surface area contributed by atoms with Crippen LogP contribution in [0.4, 0.5) is 0 Å². The van der Waals surface area contributed by atoms with E-state index in [1.165, 1.54) is 0 Å². The van der Waals surface area contributed by atoms with Crippen molar-refractivity contribution in [2.45, 2.75) is 26.7 Å². The topological polar surface area (TPSA) is 79.0 Å². The Morgan fingerprint density at radius 1 is 1.00 bits per heavy atom. The highest BCUT2D eigenvalue weighted by molar-refractivity contribution is 7.89. The minimum absolute atomic E-state index is 0.0312. The van der Waals surface area contributed by atoms with Crippen molar-refractivity contribution in [3.05, 3.63) is 81.1 Å². The van der Waals surface area contributed by atoms with E-state index < -0.39 is 10.0 Å². The lowest BCUT2D eigenvalue weighted by atomic mass is 10.0. The van der Waals surface area contributed by atoms with E-state index in [9.17, 15) is 13.2 Å². The first-order chi connectivity index (χ1) is 12.8. The summed E-state index contributed by atoms with van der Waals surface area (Å²) in [5.41, 5.74) is 4.39. The molecule has 2 N–H and O–H groups in total. The van der Waals surface area contributed by atoms with E-state index in [1.807, 2.05) is 56.3 Å². The lowest BCUT2D eigenvalue weighted by molar-refractivity contribution is 0.580. The monoisotopic (exact) mass is 384 g/mol. The number of H-pyrrole nitrogens is 1. The van der Waals surface area contributed by atoms with Gasteiger partial charge in [-0.3, -0.25) is 4.79 Å². The molecule has 0 aliphatic heterocycles. The maximum Gasteiger partial charge on any atom is 0.251 e. The molecule has 27 heavy (non-hydrogen) atoms. The number of sulfonamides is 1. The molecular formula is C21H24N2O3S. The van der Waals surface area contributed by atoms with Crippen LogP contribution in [0, 0.1) is 13.8 Å². The number of benzene rings is 2. The number of pyridine rings is 1. The predicted octanol–water partition coefficient (Wildman–Crippen LogP) is 2.85. The van der Waals surface area contributed by atoms with Gasteiger partial charge >= 0.3 is 0 Å². The molecule has 0 saturated carbocycles. The number of fused-ring (bicyclic) bond motifs is 1. The summed E-state index contributed by atoms with van der Waals surface area (Å²) in [6.45, 7) is 4.20. The van der Waals surface area contributed by atoms with Gasteiger partial charge in [0.15, 0.2) is 0 Å². The fourth-order valence-electron chi connectivity index (χ4n) is 3.21. The van der Waals surface area contributed by atoms with E-state index in [0.717, 1.165) is 27.6 Å². The van der Waals surface area contributed by atoms with Crippen LogP contribution in [0.2, 0.25) is 0 Å². The largest absolute Gasteiger partial charge is 0.322 e. The van der Waals surface area contributed by atoms with Crippen LogP contribution in [0.3, 0.4) is 0 Å². The number of aromatic amines is 1. The van der Waals surface area contributed by atoms with E-state index in [1.54, 1.807) is 0 Å². The molecule has 3 rings (SSSR count). The fourth-order valence-corrected chi connectivity index (χ4v) is 4.27. The van der Waals surface area contributed by atoms with Gasteiger partial charge in [0.25, 0.3) is 5.56 Å². The molecule has 6 heteroatoms. The van der Waals surface area contributed by atoms with Gasteiger partial charge in [-0.15, -0.1) is 0 Å². The van der Waals surface area contributed by atoms with Crippen LogP contribution in [-0.2, 0) is 22.9 Å². The van der Waals surface area contributed by atoms with Crippen LogP contribution < -0.4 is 10.3 Å². The second-order valence-electron chi connectivity index (χ2n) is 6.87. The first-order valence-corrected chi connectivity index (χ1v) is 10.6. The first-order valence-electron chi connectivity index (χ1n) is 8.98. The maximum absolute atomic E-state index is 12.3. The molecule has 1 aromatic heterocycles. The molecule has 0 saturated heterocycles. The third-order valence-corrected chi connectivity index (χ3v) is 5.99. The van der Waals surface area contributed by atoms with Gasteiger partial charge in [-0.05, 0) is 55.5 Å². The number of aryl methyl sites for hydroxylation is 3. The van der Waals surface area contributed by atoms with E-state index >= 15 is 0 Å². The van der Waals surface area contributed by atoms with Crippen molar-refractivity contribution in [3.63, 3.8) is 0 Å². The third kappa shape index (κ3) is 5.05. The lowest BCUT2D eigenvalue weighted by Gasteiger charge is -2.09. The summed E-state index contributed by atoms with van der Waals surface area (Å²) in [5.74, 6) is 0.0312. The van der Waals surface area contributed by atoms with Crippen LogP contribution in [0.25, 0.3) is 10.9 Å². The quantitative estimate of drug-likeness (QED) is 0.657. The standard InChI is InChI=1S/C21H24N2O3S/c1-15-12-16(2)19-14-18(21(24)23-20(19)13-15)8-10-22-27(25,26)11-9-17-6-4-3-5-7-17/h3-7,12-14,22H,8-11H2,1-2H3,(H,23,24). The zero-order valence-corrected chi connectivity index (χ0v) is 16.4. The average molecular weight is 385 g/mol. The molecule has 0 amide bonds. The molecule has 5 nitrogen and oxygen atoms in total. The molecule has 0 unspecified atom stereocenters. The summed E-state index contributed by atoms with van der Waals surface area (Å²) >= 11 is 0. The zero-order chi connectivity index (χ0) is 19.4. The van der Waals surface area contributed by atoms with Crippen LogP contribution in [0.1, 0.15) is 22.3 Å². The summed E-state index contributed by atoms with van der Waals surface area (Å²) < 4.78 is 27.0. The Kier molecular flexibility index (Phi) is 5.77. The van der Waals surface area contributed by atoms with Gasteiger partial charge in [-0.25, -0.2) is 13.1 Å². The highest BCUT2D eigenvalue weighted by atomic mass is 32.2. The molecule has 0 spiro atoms. The van der Waals surface area contributed by atoms with Crippen molar-refractivity contribution in [1.29, 1.82) is 0 Å². The molecule has 0 aliphatic carbocycles. The summed E-state index contributed by atoms with van der Waals surface area (Å²) in [4.78, 5) is 15.2. The average Bonchev–Trinajstić information content (AvgIpc) is 2.62. The first kappa shape index (κ1) is 19.3. The molecule has 1 heterocycles.